The van der Waals surface area contributed by atoms with E-state index in [0.717, 1.165) is 11.8 Å². The van der Waals surface area contributed by atoms with Crippen LogP contribution in [0.25, 0.3) is 11.3 Å². The standard InChI is InChI=1S/C13H13ClN4O3S/c1-22(20,21)18-5-10-11(6-18)16-17-12(10)9-4-7(14)2-3-8(9)13(15)19/h2-4H,5-6H2,1H3,(H2,15,19)(H,16,17). The number of fused-ring (bicyclic) bond motifs is 1. The van der Waals surface area contributed by atoms with Crippen molar-refractivity contribution in [3.8, 4) is 11.3 Å². The van der Waals surface area contributed by atoms with Crippen LogP contribution < -0.4 is 5.73 Å². The third-order valence-electron chi connectivity index (χ3n) is 3.59. The maximum absolute atomic E-state index is 11.7. The molecule has 0 bridgehead atoms. The Kier molecular flexibility index (Phi) is 3.47. The number of nitrogens with zero attached hydrogens (tertiary/aromatic N) is 2. The first-order chi connectivity index (χ1) is 10.3. The van der Waals surface area contributed by atoms with Crippen LogP contribution in [0.3, 0.4) is 0 Å². The SMILES string of the molecule is CS(=O)(=O)N1Cc2[nH]nc(-c3cc(Cl)ccc3C(N)=O)c2C1. The fourth-order valence-electron chi connectivity index (χ4n) is 2.50. The lowest BCUT2D eigenvalue weighted by Crippen LogP contribution is -2.24. The van der Waals surface area contributed by atoms with Gasteiger partial charge in [0.2, 0.25) is 15.9 Å². The Morgan fingerprint density at radius 1 is 1.41 bits per heavy atom. The van der Waals surface area contributed by atoms with Gasteiger partial charge in [0.15, 0.2) is 0 Å². The highest BCUT2D eigenvalue weighted by Gasteiger charge is 2.31. The molecule has 0 aliphatic carbocycles. The third kappa shape index (κ3) is 2.49. The first kappa shape index (κ1) is 15.0. The van der Waals surface area contributed by atoms with Gasteiger partial charge >= 0.3 is 0 Å². The van der Waals surface area contributed by atoms with Crippen molar-refractivity contribution in [2.24, 2.45) is 5.73 Å². The summed E-state index contributed by atoms with van der Waals surface area (Å²) in [7, 11) is -3.31. The van der Waals surface area contributed by atoms with Crippen molar-refractivity contribution >= 4 is 27.5 Å². The van der Waals surface area contributed by atoms with E-state index in [1.165, 1.54) is 10.4 Å². The van der Waals surface area contributed by atoms with Crippen LogP contribution in [0.5, 0.6) is 0 Å². The molecule has 116 valence electrons. The number of benzene rings is 1. The second-order valence-corrected chi connectivity index (χ2v) is 7.53. The number of carbonyl (C=O) groups is 1. The summed E-state index contributed by atoms with van der Waals surface area (Å²) in [6.45, 7) is 0.429. The van der Waals surface area contributed by atoms with E-state index < -0.39 is 15.9 Å². The number of nitrogens with one attached hydrogen (secondary N) is 1. The van der Waals surface area contributed by atoms with Gasteiger partial charge in [0.25, 0.3) is 0 Å². The Balaban J connectivity index is 2.11. The fraction of sp³-hybridized carbons (Fsp3) is 0.231. The number of aromatic amines is 1. The number of sulfonamides is 1. The van der Waals surface area contributed by atoms with Crippen molar-refractivity contribution in [2.75, 3.05) is 6.26 Å². The minimum absolute atomic E-state index is 0.199. The molecule has 3 N–H and O–H groups in total. The van der Waals surface area contributed by atoms with E-state index in [-0.39, 0.29) is 18.7 Å². The number of rotatable bonds is 3. The quantitative estimate of drug-likeness (QED) is 0.871. The number of primary amides is 1. The number of hydrogen-bond acceptors (Lipinski definition) is 4. The van der Waals surface area contributed by atoms with Crippen molar-refractivity contribution in [1.82, 2.24) is 14.5 Å². The number of aromatic nitrogens is 2. The van der Waals surface area contributed by atoms with Gasteiger partial charge in [-0.15, -0.1) is 0 Å². The summed E-state index contributed by atoms with van der Waals surface area (Å²) >= 11 is 5.99. The summed E-state index contributed by atoms with van der Waals surface area (Å²) in [5.74, 6) is -0.596. The molecular weight excluding hydrogens is 328 g/mol. The normalized spacial score (nSPS) is 15.0. The van der Waals surface area contributed by atoms with Gasteiger partial charge in [0.1, 0.15) is 0 Å². The van der Waals surface area contributed by atoms with Crippen molar-refractivity contribution in [3.05, 3.63) is 40.0 Å². The van der Waals surface area contributed by atoms with Crippen LogP contribution in [0.1, 0.15) is 21.6 Å². The van der Waals surface area contributed by atoms with Crippen LogP contribution in [-0.4, -0.2) is 35.1 Å². The van der Waals surface area contributed by atoms with Gasteiger partial charge < -0.3 is 5.73 Å². The highest BCUT2D eigenvalue weighted by atomic mass is 35.5. The molecule has 0 atom stereocenters. The maximum Gasteiger partial charge on any atom is 0.249 e. The lowest BCUT2D eigenvalue weighted by atomic mass is 10.0. The summed E-state index contributed by atoms with van der Waals surface area (Å²) in [5.41, 5.74) is 8.10. The van der Waals surface area contributed by atoms with E-state index >= 15 is 0 Å². The molecule has 0 unspecified atom stereocenters. The van der Waals surface area contributed by atoms with Crippen LogP contribution >= 0.6 is 11.6 Å². The van der Waals surface area contributed by atoms with Gasteiger partial charge in [0, 0.05) is 28.3 Å². The maximum atomic E-state index is 11.7. The van der Waals surface area contributed by atoms with Crippen LogP contribution in [0, 0.1) is 0 Å². The molecule has 0 radical (unpaired) electrons. The Morgan fingerprint density at radius 3 is 2.77 bits per heavy atom. The van der Waals surface area contributed by atoms with Gasteiger partial charge in [0.05, 0.1) is 24.2 Å². The highest BCUT2D eigenvalue weighted by molar-refractivity contribution is 7.88. The van der Waals surface area contributed by atoms with E-state index in [0.29, 0.717) is 22.0 Å². The number of nitrogens with two attached hydrogens (primary N) is 1. The second-order valence-electron chi connectivity index (χ2n) is 5.11. The highest BCUT2D eigenvalue weighted by Crippen LogP contribution is 2.34. The first-order valence-corrected chi connectivity index (χ1v) is 8.61. The van der Waals surface area contributed by atoms with Crippen LogP contribution in [0.4, 0.5) is 0 Å². The van der Waals surface area contributed by atoms with Gasteiger partial charge in [-0.2, -0.15) is 9.40 Å². The number of amides is 1. The predicted octanol–water partition coefficient (Wildman–Crippen LogP) is 1.10. The average molecular weight is 341 g/mol. The van der Waals surface area contributed by atoms with E-state index in [1.807, 2.05) is 0 Å². The van der Waals surface area contributed by atoms with Gasteiger partial charge in [-0.05, 0) is 18.2 Å². The number of carbonyl (C=O) groups excluding carboxylic acids is 1. The minimum atomic E-state index is -3.31. The topological polar surface area (TPSA) is 109 Å². The monoisotopic (exact) mass is 340 g/mol. The molecule has 22 heavy (non-hydrogen) atoms. The lowest BCUT2D eigenvalue weighted by Gasteiger charge is -2.12. The van der Waals surface area contributed by atoms with Gasteiger partial charge in [-0.1, -0.05) is 11.6 Å². The Labute approximate surface area is 132 Å². The average Bonchev–Trinajstić information content (AvgIpc) is 2.96. The van der Waals surface area contributed by atoms with Crippen molar-refractivity contribution in [2.45, 2.75) is 13.1 Å². The van der Waals surface area contributed by atoms with Crippen molar-refractivity contribution < 1.29 is 13.2 Å². The summed E-state index contributed by atoms with van der Waals surface area (Å²) in [4.78, 5) is 11.6. The van der Waals surface area contributed by atoms with Crippen molar-refractivity contribution in [3.63, 3.8) is 0 Å². The Morgan fingerprint density at radius 2 is 2.14 bits per heavy atom. The predicted molar refractivity (Wildman–Crippen MR) is 81.6 cm³/mol. The fourth-order valence-corrected chi connectivity index (χ4v) is 3.39. The molecule has 1 aliphatic rings. The molecule has 0 fully saturated rings. The molecule has 0 saturated carbocycles. The summed E-state index contributed by atoms with van der Waals surface area (Å²) < 4.78 is 24.7. The number of H-pyrrole nitrogens is 1. The van der Waals surface area contributed by atoms with Gasteiger partial charge in [-0.3, -0.25) is 9.89 Å². The first-order valence-electron chi connectivity index (χ1n) is 6.38. The van der Waals surface area contributed by atoms with Crippen LogP contribution in [0.2, 0.25) is 5.02 Å². The molecule has 2 aromatic rings. The molecular formula is C13H13ClN4O3S. The Hall–Kier alpha value is -1.90. The third-order valence-corrected chi connectivity index (χ3v) is 5.02. The zero-order chi connectivity index (χ0) is 16.1. The molecule has 7 nitrogen and oxygen atoms in total. The lowest BCUT2D eigenvalue weighted by molar-refractivity contribution is 0.100. The molecule has 1 aromatic carbocycles. The van der Waals surface area contributed by atoms with Crippen LogP contribution in [-0.2, 0) is 23.1 Å². The van der Waals surface area contributed by atoms with Crippen molar-refractivity contribution in [1.29, 1.82) is 0 Å². The summed E-state index contributed by atoms with van der Waals surface area (Å²) in [5, 5.41) is 7.46. The molecule has 0 saturated heterocycles. The molecule has 3 rings (SSSR count). The molecule has 1 aliphatic heterocycles. The smallest absolute Gasteiger partial charge is 0.249 e. The summed E-state index contributed by atoms with van der Waals surface area (Å²) in [6, 6.07) is 4.70. The second kappa shape index (κ2) is 5.08. The van der Waals surface area contributed by atoms with E-state index in [1.54, 1.807) is 12.1 Å². The molecule has 2 heterocycles. The van der Waals surface area contributed by atoms with E-state index in [9.17, 15) is 13.2 Å². The van der Waals surface area contributed by atoms with Gasteiger partial charge in [-0.25, -0.2) is 8.42 Å². The van der Waals surface area contributed by atoms with E-state index in [2.05, 4.69) is 10.2 Å². The number of halogens is 1. The largest absolute Gasteiger partial charge is 0.366 e. The van der Waals surface area contributed by atoms with E-state index in [4.69, 9.17) is 17.3 Å². The van der Waals surface area contributed by atoms with Crippen LogP contribution in [0.15, 0.2) is 18.2 Å². The molecule has 0 spiro atoms. The zero-order valence-electron chi connectivity index (χ0n) is 11.6. The molecule has 1 amide bonds. The minimum Gasteiger partial charge on any atom is -0.366 e. The zero-order valence-corrected chi connectivity index (χ0v) is 13.2. The summed E-state index contributed by atoms with van der Waals surface area (Å²) in [6.07, 6.45) is 1.15. The Bertz CT molecular complexity index is 875. The number of hydrogen-bond donors (Lipinski definition) is 2. The molecule has 1 aromatic heterocycles. The molecule has 9 heteroatoms.